The van der Waals surface area contributed by atoms with Gasteiger partial charge in [0.1, 0.15) is 30.2 Å². The van der Waals surface area contributed by atoms with Crippen molar-refractivity contribution in [1.29, 1.82) is 0 Å². The Kier molecular flexibility index (Phi) is 16.3. The predicted octanol–water partition coefficient (Wildman–Crippen LogP) is -2.14. The van der Waals surface area contributed by atoms with Gasteiger partial charge in [0.2, 0.25) is 35.4 Å². The number of carboxylic acid groups (broad SMARTS) is 1. The van der Waals surface area contributed by atoms with Crippen LogP contribution in [0.1, 0.15) is 58.2 Å². The lowest BCUT2D eigenvalue weighted by atomic mass is 10.0. The van der Waals surface area contributed by atoms with Gasteiger partial charge in [-0.3, -0.25) is 28.8 Å². The van der Waals surface area contributed by atoms with Crippen molar-refractivity contribution in [3.8, 4) is 0 Å². The fraction of sp³-hybridized carbons (Fsp3) is 0.526. The summed E-state index contributed by atoms with van der Waals surface area (Å²) >= 11 is 0. The lowest BCUT2D eigenvalue weighted by molar-refractivity contribution is -0.142. The number of hydrogen-bond donors (Lipinski definition) is 12. The van der Waals surface area contributed by atoms with Gasteiger partial charge in [-0.05, 0) is 57.2 Å². The number of fused-ring (bicyclic) bond motifs is 1. The number of carboxylic acids is 1. The van der Waals surface area contributed by atoms with E-state index in [1.54, 1.807) is 32.2 Å². The van der Waals surface area contributed by atoms with Crippen LogP contribution in [0.4, 0.5) is 0 Å². The molecule has 0 spiro atoms. The zero-order valence-corrected chi connectivity index (χ0v) is 32.8. The third-order valence-corrected chi connectivity index (χ3v) is 9.61. The molecule has 316 valence electrons. The molecule has 4 rings (SSSR count). The summed E-state index contributed by atoms with van der Waals surface area (Å²) in [6, 6.07) is -0.338. The van der Waals surface area contributed by atoms with Gasteiger partial charge in [-0.25, -0.2) is 9.78 Å². The fourth-order valence-electron chi connectivity index (χ4n) is 6.53. The van der Waals surface area contributed by atoms with E-state index in [4.69, 9.17) is 0 Å². The molecule has 0 radical (unpaired) electrons. The largest absolute Gasteiger partial charge is 0.480 e. The first kappa shape index (κ1) is 44.8. The van der Waals surface area contributed by atoms with E-state index in [0.717, 1.165) is 17.3 Å². The topological polar surface area (TPSA) is 309 Å². The van der Waals surface area contributed by atoms with Crippen LogP contribution in [-0.4, -0.2) is 133 Å². The average Bonchev–Trinajstić information content (AvgIpc) is 3.97. The van der Waals surface area contributed by atoms with E-state index >= 15 is 0 Å². The number of aliphatic hydroxyl groups is 2. The van der Waals surface area contributed by atoms with Crippen LogP contribution in [0.25, 0.3) is 10.9 Å². The molecule has 3 aromatic rings. The first-order chi connectivity index (χ1) is 27.5. The molecule has 0 unspecified atom stereocenters. The average molecular weight is 811 g/mol. The fourth-order valence-corrected chi connectivity index (χ4v) is 6.53. The molecule has 1 aromatic carbocycles. The standard InChI is InChI=1S/C38H54N10O10/c1-19(2)12-29(38(57)58)46-35(54)28(14-23-16-39-18-43-23)44-30(51)17-42-33(52)27(13-22-15-41-25-9-6-5-8-24(22)25)45-36(55)31(20(3)49)48-37(56)32(21(4)50)47-34(53)26-10-7-11-40-26/h5-6,8-9,15-16,18-21,26-29,31-32,40-41,49-50H,7,10-14,17H2,1-4H3,(H,39,43)(H,42,52)(H,44,51)(H,45,55)(H,46,54)(H,47,53)(H,48,56)(H,57,58)/t20-,21-,26+,27+,28+,29+,31+,32+/m1/s1. The Bertz CT molecular complexity index is 1890. The number of para-hydroxylation sites is 1. The highest BCUT2D eigenvalue weighted by Gasteiger charge is 2.36. The summed E-state index contributed by atoms with van der Waals surface area (Å²) < 4.78 is 0. The molecular formula is C38H54N10O10. The van der Waals surface area contributed by atoms with Gasteiger partial charge in [0.15, 0.2) is 0 Å². The van der Waals surface area contributed by atoms with E-state index < -0.39 is 96.4 Å². The number of imidazole rings is 1. The van der Waals surface area contributed by atoms with Crippen LogP contribution in [0.3, 0.4) is 0 Å². The van der Waals surface area contributed by atoms with Gasteiger partial charge in [0.05, 0.1) is 31.1 Å². The maximum atomic E-state index is 13.8. The van der Waals surface area contributed by atoms with Gasteiger partial charge in [0.25, 0.3) is 0 Å². The number of carbonyl (C=O) groups excluding carboxylic acids is 6. The molecule has 1 aliphatic rings. The van der Waals surface area contributed by atoms with E-state index in [1.807, 2.05) is 12.1 Å². The summed E-state index contributed by atoms with van der Waals surface area (Å²) in [5.74, 6) is -6.17. The third kappa shape index (κ3) is 12.8. The minimum absolute atomic E-state index is 0.0602. The van der Waals surface area contributed by atoms with Gasteiger partial charge < -0.3 is 62.5 Å². The molecule has 20 heteroatoms. The summed E-state index contributed by atoms with van der Waals surface area (Å²) in [5.41, 5.74) is 1.83. The zero-order valence-electron chi connectivity index (χ0n) is 32.8. The second-order valence-electron chi connectivity index (χ2n) is 14.9. The molecule has 1 fully saturated rings. The number of rotatable bonds is 21. The number of nitrogens with one attached hydrogen (secondary N) is 9. The predicted molar refractivity (Wildman–Crippen MR) is 208 cm³/mol. The number of aromatic amines is 2. The monoisotopic (exact) mass is 810 g/mol. The molecule has 2 aromatic heterocycles. The van der Waals surface area contributed by atoms with Crippen LogP contribution in [0.15, 0.2) is 43.0 Å². The lowest BCUT2D eigenvalue weighted by Gasteiger charge is -2.28. The van der Waals surface area contributed by atoms with Crippen LogP contribution in [-0.2, 0) is 46.4 Å². The van der Waals surface area contributed by atoms with Crippen LogP contribution in [0, 0.1) is 5.92 Å². The first-order valence-electron chi connectivity index (χ1n) is 19.2. The number of benzene rings is 1. The number of hydrogen-bond acceptors (Lipinski definition) is 11. The molecule has 0 bridgehead atoms. The lowest BCUT2D eigenvalue weighted by Crippen LogP contribution is -2.62. The van der Waals surface area contributed by atoms with Crippen LogP contribution >= 0.6 is 0 Å². The molecule has 1 aliphatic heterocycles. The van der Waals surface area contributed by atoms with Crippen molar-refractivity contribution < 1.29 is 48.9 Å². The molecule has 58 heavy (non-hydrogen) atoms. The van der Waals surface area contributed by atoms with Gasteiger partial charge in [0, 0.05) is 41.8 Å². The smallest absolute Gasteiger partial charge is 0.326 e. The van der Waals surface area contributed by atoms with E-state index in [-0.39, 0.29) is 25.2 Å². The first-order valence-corrected chi connectivity index (χ1v) is 19.2. The SMILES string of the molecule is CC(C)C[C@H](NC(=O)[C@H](Cc1cnc[nH]1)NC(=O)CNC(=O)[C@H](Cc1c[nH]c2ccccc12)NC(=O)[C@@H](NC(=O)[C@@H](NC(=O)[C@@H]1CCCN1)[C@@H](C)O)[C@@H](C)O)C(=O)O. The van der Waals surface area contributed by atoms with Gasteiger partial charge in [-0.15, -0.1) is 0 Å². The number of carbonyl (C=O) groups is 7. The van der Waals surface area contributed by atoms with E-state index in [9.17, 15) is 48.9 Å². The molecule has 12 N–H and O–H groups in total. The molecule has 6 amide bonds. The summed E-state index contributed by atoms with van der Waals surface area (Å²) in [5, 5.41) is 49.3. The highest BCUT2D eigenvalue weighted by molar-refractivity contribution is 5.97. The molecule has 1 saturated heterocycles. The van der Waals surface area contributed by atoms with Gasteiger partial charge in [-0.1, -0.05) is 32.0 Å². The van der Waals surface area contributed by atoms with Crippen molar-refractivity contribution in [2.24, 2.45) is 5.92 Å². The van der Waals surface area contributed by atoms with Crippen molar-refractivity contribution in [3.63, 3.8) is 0 Å². The molecule has 3 heterocycles. The summed E-state index contributed by atoms with van der Waals surface area (Å²) in [4.78, 5) is 102. The summed E-state index contributed by atoms with van der Waals surface area (Å²) in [7, 11) is 0. The van der Waals surface area contributed by atoms with Crippen molar-refractivity contribution in [2.75, 3.05) is 13.1 Å². The number of aromatic nitrogens is 3. The maximum absolute atomic E-state index is 13.8. The Hall–Kier alpha value is -5.86. The van der Waals surface area contributed by atoms with Gasteiger partial charge >= 0.3 is 5.97 Å². The number of nitrogens with zero attached hydrogens (tertiary/aromatic N) is 1. The van der Waals surface area contributed by atoms with Gasteiger partial charge in [-0.2, -0.15) is 0 Å². The van der Waals surface area contributed by atoms with Crippen LogP contribution in [0.5, 0.6) is 0 Å². The second kappa shape index (κ2) is 21.1. The zero-order chi connectivity index (χ0) is 42.5. The third-order valence-electron chi connectivity index (χ3n) is 9.61. The van der Waals surface area contributed by atoms with Crippen molar-refractivity contribution in [1.82, 2.24) is 52.2 Å². The van der Waals surface area contributed by atoms with E-state index in [2.05, 4.69) is 52.2 Å². The quantitative estimate of drug-likeness (QED) is 0.0549. The Balaban J connectivity index is 1.49. The Morgan fingerprint density at radius 1 is 0.793 bits per heavy atom. The van der Waals surface area contributed by atoms with E-state index in [1.165, 1.54) is 26.4 Å². The van der Waals surface area contributed by atoms with Crippen molar-refractivity contribution >= 4 is 52.3 Å². The molecule has 20 nitrogen and oxygen atoms in total. The van der Waals surface area contributed by atoms with Crippen LogP contribution < -0.4 is 37.2 Å². The minimum Gasteiger partial charge on any atom is -0.480 e. The molecule has 0 saturated carbocycles. The number of H-pyrrole nitrogens is 2. The van der Waals surface area contributed by atoms with Crippen molar-refractivity contribution in [2.45, 2.75) is 108 Å². The Morgan fingerprint density at radius 3 is 2.07 bits per heavy atom. The summed E-state index contributed by atoms with van der Waals surface area (Å²) in [6.07, 6.45) is 2.81. The second-order valence-corrected chi connectivity index (χ2v) is 14.9. The summed E-state index contributed by atoms with van der Waals surface area (Å²) in [6.45, 7) is 6.07. The number of aliphatic hydroxyl groups excluding tert-OH is 2. The minimum atomic E-state index is -1.65. The molecular weight excluding hydrogens is 756 g/mol. The molecule has 8 atom stereocenters. The van der Waals surface area contributed by atoms with Crippen molar-refractivity contribution in [3.05, 3.63) is 54.2 Å². The highest BCUT2D eigenvalue weighted by Crippen LogP contribution is 2.19. The van der Waals surface area contributed by atoms with E-state index in [0.29, 0.717) is 24.2 Å². The number of amides is 6. The number of aliphatic carboxylic acids is 1. The molecule has 0 aliphatic carbocycles. The Labute approximate surface area is 334 Å². The highest BCUT2D eigenvalue weighted by atomic mass is 16.4. The Morgan fingerprint density at radius 2 is 1.45 bits per heavy atom. The maximum Gasteiger partial charge on any atom is 0.326 e. The van der Waals surface area contributed by atoms with Crippen LogP contribution in [0.2, 0.25) is 0 Å². The normalized spacial score (nSPS) is 17.5.